The summed E-state index contributed by atoms with van der Waals surface area (Å²) in [6.45, 7) is 3.91. The first-order valence-corrected chi connectivity index (χ1v) is 9.00. The third kappa shape index (κ3) is 2.87. The molecule has 0 spiro atoms. The number of aromatic carboxylic acids is 1. The molecule has 27 heavy (non-hydrogen) atoms. The van der Waals surface area contributed by atoms with E-state index in [1.807, 2.05) is 26.0 Å². The first-order valence-electron chi connectivity index (χ1n) is 9.00. The molecule has 0 radical (unpaired) electrons. The molecule has 3 N–H and O–H groups in total. The van der Waals surface area contributed by atoms with Crippen LogP contribution in [-0.2, 0) is 0 Å². The van der Waals surface area contributed by atoms with Gasteiger partial charge in [-0.05, 0) is 79.0 Å². The Bertz CT molecular complexity index is 1130. The Labute approximate surface area is 156 Å². The van der Waals surface area contributed by atoms with Gasteiger partial charge in [0.05, 0.1) is 5.52 Å². The zero-order chi connectivity index (χ0) is 19.3. The molecule has 4 rings (SSSR count). The molecular formula is C21H21N3O3. The quantitative estimate of drug-likeness (QED) is 0.875. The molecule has 0 unspecified atom stereocenters. The van der Waals surface area contributed by atoms with E-state index in [4.69, 9.17) is 5.73 Å². The second-order valence-corrected chi connectivity index (χ2v) is 7.23. The fourth-order valence-corrected chi connectivity index (χ4v) is 3.65. The van der Waals surface area contributed by atoms with Gasteiger partial charge in [-0.25, -0.2) is 9.79 Å². The minimum absolute atomic E-state index is 0.175. The predicted molar refractivity (Wildman–Crippen MR) is 105 cm³/mol. The van der Waals surface area contributed by atoms with E-state index >= 15 is 0 Å². The molecule has 0 bridgehead atoms. The summed E-state index contributed by atoms with van der Waals surface area (Å²) in [4.78, 5) is 28.5. The van der Waals surface area contributed by atoms with E-state index in [-0.39, 0.29) is 5.56 Å². The van der Waals surface area contributed by atoms with Crippen molar-refractivity contribution in [3.05, 3.63) is 68.8 Å². The normalized spacial score (nSPS) is 17.2. The molecule has 1 aliphatic heterocycles. The van der Waals surface area contributed by atoms with Crippen molar-refractivity contribution in [3.8, 4) is 0 Å². The number of aryl methyl sites for hydroxylation is 1. The number of allylic oxidation sites excluding steroid dienone is 2. The van der Waals surface area contributed by atoms with E-state index in [0.29, 0.717) is 18.2 Å². The highest BCUT2D eigenvalue weighted by atomic mass is 16.4. The van der Waals surface area contributed by atoms with Crippen molar-refractivity contribution in [1.82, 2.24) is 4.40 Å². The van der Waals surface area contributed by atoms with Gasteiger partial charge in [0.15, 0.2) is 0 Å². The number of pyridine rings is 2. The van der Waals surface area contributed by atoms with Crippen LogP contribution in [0.15, 0.2) is 46.0 Å². The molecule has 2 aromatic heterocycles. The van der Waals surface area contributed by atoms with Gasteiger partial charge in [-0.2, -0.15) is 0 Å². The average molecular weight is 363 g/mol. The van der Waals surface area contributed by atoms with Crippen molar-refractivity contribution < 1.29 is 9.90 Å². The van der Waals surface area contributed by atoms with Crippen molar-refractivity contribution in [1.29, 1.82) is 0 Å². The first kappa shape index (κ1) is 17.3. The van der Waals surface area contributed by atoms with Crippen LogP contribution < -0.4 is 11.3 Å². The lowest BCUT2D eigenvalue weighted by Gasteiger charge is -2.16. The molecule has 1 fully saturated rings. The van der Waals surface area contributed by atoms with E-state index in [9.17, 15) is 14.7 Å². The number of carboxylic acid groups (broad SMARTS) is 1. The third-order valence-corrected chi connectivity index (χ3v) is 5.40. The molecule has 1 saturated carbocycles. The van der Waals surface area contributed by atoms with Gasteiger partial charge in [-0.3, -0.25) is 9.20 Å². The third-order valence-electron chi connectivity index (χ3n) is 5.40. The Morgan fingerprint density at radius 1 is 1.33 bits per heavy atom. The second-order valence-electron chi connectivity index (χ2n) is 7.23. The highest BCUT2D eigenvalue weighted by molar-refractivity contribution is 5.98. The Balaban J connectivity index is 1.98. The van der Waals surface area contributed by atoms with Gasteiger partial charge in [0.25, 0.3) is 5.56 Å². The number of fused-ring (bicyclic) bond motifs is 1. The summed E-state index contributed by atoms with van der Waals surface area (Å²) in [5.74, 6) is -0.370. The van der Waals surface area contributed by atoms with Crippen LogP contribution in [0.2, 0.25) is 0 Å². The van der Waals surface area contributed by atoms with E-state index < -0.39 is 11.5 Å². The van der Waals surface area contributed by atoms with E-state index in [1.165, 1.54) is 4.40 Å². The fourth-order valence-electron chi connectivity index (χ4n) is 3.65. The Morgan fingerprint density at radius 3 is 2.74 bits per heavy atom. The monoisotopic (exact) mass is 363 g/mol. The van der Waals surface area contributed by atoms with Crippen LogP contribution in [0.5, 0.6) is 0 Å². The van der Waals surface area contributed by atoms with Crippen LogP contribution >= 0.6 is 0 Å². The lowest BCUT2D eigenvalue weighted by atomic mass is 9.95. The molecular weight excluding hydrogens is 342 g/mol. The van der Waals surface area contributed by atoms with Gasteiger partial charge < -0.3 is 10.8 Å². The van der Waals surface area contributed by atoms with Crippen LogP contribution in [0.4, 0.5) is 0 Å². The Kier molecular flexibility index (Phi) is 3.98. The predicted octanol–water partition coefficient (Wildman–Crippen LogP) is 3.23. The van der Waals surface area contributed by atoms with Gasteiger partial charge in [-0.15, -0.1) is 0 Å². The topological polar surface area (TPSA) is 97.2 Å². The van der Waals surface area contributed by atoms with Crippen LogP contribution in [0.25, 0.3) is 11.1 Å². The molecule has 0 saturated heterocycles. The van der Waals surface area contributed by atoms with Crippen LogP contribution in [0.1, 0.15) is 59.2 Å². The minimum Gasteiger partial charge on any atom is -0.477 e. The molecule has 2 aromatic rings. The largest absolute Gasteiger partial charge is 0.477 e. The molecule has 2 aliphatic rings. The summed E-state index contributed by atoms with van der Waals surface area (Å²) >= 11 is 0. The molecule has 3 heterocycles. The number of nitrogens with two attached hydrogens (primary N) is 1. The number of hydrogen-bond acceptors (Lipinski definition) is 4. The van der Waals surface area contributed by atoms with Gasteiger partial charge in [-0.1, -0.05) is 6.08 Å². The summed E-state index contributed by atoms with van der Waals surface area (Å²) < 4.78 is 1.48. The number of aromatic nitrogens is 1. The lowest BCUT2D eigenvalue weighted by molar-refractivity contribution is 0.0694. The molecule has 138 valence electrons. The summed E-state index contributed by atoms with van der Waals surface area (Å²) in [5, 5.41) is 9.40. The standard InChI is InChI=1S/C21H21N3O3/c1-11-3-4-14(10-23-19(11)22)15-7-8-24-18(12(15)2)16(13-5-6-13)9-17(20(24)25)21(26)27/h3,7-10,13H,4-6H2,1-2H3,(H2,22,23)(H,26,27). The molecule has 0 amide bonds. The number of carbonyl (C=O) groups is 1. The highest BCUT2D eigenvalue weighted by Gasteiger charge is 2.29. The average Bonchev–Trinajstić information content (AvgIpc) is 3.47. The Morgan fingerprint density at radius 2 is 2.07 bits per heavy atom. The van der Waals surface area contributed by atoms with Crippen LogP contribution in [0, 0.1) is 6.92 Å². The van der Waals surface area contributed by atoms with Crippen molar-refractivity contribution in [3.63, 3.8) is 0 Å². The zero-order valence-corrected chi connectivity index (χ0v) is 15.3. The van der Waals surface area contributed by atoms with E-state index in [1.54, 1.807) is 18.5 Å². The maximum atomic E-state index is 12.7. The number of amidine groups is 1. The van der Waals surface area contributed by atoms with E-state index in [2.05, 4.69) is 4.99 Å². The molecule has 0 atom stereocenters. The van der Waals surface area contributed by atoms with E-state index in [0.717, 1.165) is 46.2 Å². The van der Waals surface area contributed by atoms with Crippen molar-refractivity contribution in [2.45, 2.75) is 39.0 Å². The zero-order valence-electron chi connectivity index (χ0n) is 15.3. The summed E-state index contributed by atoms with van der Waals surface area (Å²) in [7, 11) is 0. The van der Waals surface area contributed by atoms with Gasteiger partial charge >= 0.3 is 5.97 Å². The number of carboxylic acids is 1. The molecule has 0 aromatic carbocycles. The minimum atomic E-state index is -1.19. The van der Waals surface area contributed by atoms with Crippen LogP contribution in [-0.4, -0.2) is 21.3 Å². The number of hydrogen-bond donors (Lipinski definition) is 2. The fraction of sp³-hybridized carbons (Fsp3) is 0.286. The van der Waals surface area contributed by atoms with Crippen molar-refractivity contribution >= 4 is 22.9 Å². The SMILES string of the molecule is CC1=CCC(c2ccn3c(=O)c(C(=O)O)cc(C4CC4)c3c2C)=CN=C1N. The molecule has 1 aliphatic carbocycles. The van der Waals surface area contributed by atoms with Gasteiger partial charge in [0.1, 0.15) is 11.4 Å². The summed E-state index contributed by atoms with van der Waals surface area (Å²) in [5.41, 5.74) is 10.9. The lowest BCUT2D eigenvalue weighted by Crippen LogP contribution is -2.23. The molecule has 6 heteroatoms. The smallest absolute Gasteiger partial charge is 0.341 e. The molecule has 6 nitrogen and oxygen atoms in total. The first-order chi connectivity index (χ1) is 12.9. The Hall–Kier alpha value is -3.15. The van der Waals surface area contributed by atoms with Crippen LogP contribution in [0.3, 0.4) is 0 Å². The highest BCUT2D eigenvalue weighted by Crippen LogP contribution is 2.43. The van der Waals surface area contributed by atoms with Gasteiger partial charge in [0, 0.05) is 12.4 Å². The number of rotatable bonds is 3. The number of aliphatic imine (C=N–C) groups is 1. The number of nitrogens with zero attached hydrogens (tertiary/aromatic N) is 2. The maximum absolute atomic E-state index is 12.7. The van der Waals surface area contributed by atoms with Gasteiger partial charge in [0.2, 0.25) is 0 Å². The second kappa shape index (κ2) is 6.23. The summed E-state index contributed by atoms with van der Waals surface area (Å²) in [6.07, 6.45) is 8.23. The van der Waals surface area contributed by atoms with Crippen molar-refractivity contribution in [2.24, 2.45) is 10.7 Å². The maximum Gasteiger partial charge on any atom is 0.341 e. The van der Waals surface area contributed by atoms with Crippen molar-refractivity contribution in [2.75, 3.05) is 0 Å². The summed E-state index contributed by atoms with van der Waals surface area (Å²) in [6, 6.07) is 3.42.